The molecule has 0 amide bonds. The Morgan fingerprint density at radius 2 is 1.68 bits per heavy atom. The maximum atomic E-state index is 11.6. The molecule has 0 spiro atoms. The zero-order chi connectivity index (χ0) is 14.2. The first-order chi connectivity index (χ1) is 8.90. The lowest BCUT2D eigenvalue weighted by Gasteiger charge is -2.00. The van der Waals surface area contributed by atoms with Crippen LogP contribution in [0, 0.1) is 0 Å². The lowest BCUT2D eigenvalue weighted by molar-refractivity contribution is 0.743. The van der Waals surface area contributed by atoms with Crippen LogP contribution in [0.3, 0.4) is 0 Å². The van der Waals surface area contributed by atoms with Crippen molar-refractivity contribution in [1.82, 2.24) is 9.78 Å². The van der Waals surface area contributed by atoms with Gasteiger partial charge in [-0.05, 0) is 12.1 Å². The average molecular weight is 321 g/mol. The predicted molar refractivity (Wildman–Crippen MR) is 76.1 cm³/mol. The summed E-state index contributed by atoms with van der Waals surface area (Å²) in [7, 11) is 1.51. The van der Waals surface area contributed by atoms with Gasteiger partial charge in [-0.1, -0.05) is 34.8 Å². The zero-order valence-corrected chi connectivity index (χ0v) is 11.9. The highest BCUT2D eigenvalue weighted by Gasteiger charge is 2.11. The van der Waals surface area contributed by atoms with Crippen molar-refractivity contribution >= 4 is 52.0 Å². The Morgan fingerprint density at radius 1 is 1.16 bits per heavy atom. The summed E-state index contributed by atoms with van der Waals surface area (Å²) in [5.41, 5.74) is 5.40. The number of nitrogen functional groups attached to an aromatic ring is 1. The van der Waals surface area contributed by atoms with E-state index in [0.717, 1.165) is 0 Å². The van der Waals surface area contributed by atoms with Gasteiger partial charge in [0.05, 0.1) is 10.0 Å². The van der Waals surface area contributed by atoms with Crippen LogP contribution < -0.4 is 11.3 Å². The lowest BCUT2D eigenvalue weighted by Crippen LogP contribution is -2.10. The van der Waals surface area contributed by atoms with Gasteiger partial charge in [-0.15, -0.1) is 10.2 Å². The Labute approximate surface area is 122 Å². The smallest absolute Gasteiger partial charge is 0.296 e. The fourth-order valence-electron chi connectivity index (χ4n) is 1.39. The summed E-state index contributed by atoms with van der Waals surface area (Å²) >= 11 is 17.7. The second kappa shape index (κ2) is 5.24. The van der Waals surface area contributed by atoms with Gasteiger partial charge in [-0.3, -0.25) is 14.6 Å². The van der Waals surface area contributed by atoms with Gasteiger partial charge in [0, 0.05) is 12.1 Å². The number of nitrogens with zero attached hydrogens (tertiary/aromatic N) is 3. The summed E-state index contributed by atoms with van der Waals surface area (Å²) in [6, 6.07) is 2.95. The second-order valence-electron chi connectivity index (χ2n) is 3.66. The molecule has 1 aromatic heterocycles. The van der Waals surface area contributed by atoms with Gasteiger partial charge in [-0.25, -0.2) is 0 Å². The van der Waals surface area contributed by atoms with Gasteiger partial charge in [0.25, 0.3) is 5.56 Å². The molecule has 0 aliphatic heterocycles. The van der Waals surface area contributed by atoms with Crippen molar-refractivity contribution in [3.8, 4) is 0 Å². The number of azo groups is 1. The van der Waals surface area contributed by atoms with E-state index in [1.165, 1.54) is 23.9 Å². The van der Waals surface area contributed by atoms with Gasteiger partial charge < -0.3 is 5.73 Å². The summed E-state index contributed by atoms with van der Waals surface area (Å²) in [4.78, 5) is 11.6. The molecule has 1 aromatic carbocycles. The lowest BCUT2D eigenvalue weighted by atomic mass is 10.3. The molecule has 0 radical (unpaired) electrons. The minimum Gasteiger partial charge on any atom is -0.382 e. The fraction of sp³-hybridized carbons (Fsp3) is 0.100. The van der Waals surface area contributed by atoms with Gasteiger partial charge in [0.2, 0.25) is 0 Å². The topological polar surface area (TPSA) is 88.5 Å². The molecular weight excluding hydrogens is 313 g/mol. The molecule has 0 aliphatic carbocycles. The van der Waals surface area contributed by atoms with Crippen LogP contribution in [0.1, 0.15) is 0 Å². The van der Waals surface area contributed by atoms with Crippen LogP contribution in [-0.4, -0.2) is 9.78 Å². The monoisotopic (exact) mass is 319 g/mol. The molecule has 9 heteroatoms. The highest BCUT2D eigenvalue weighted by Crippen LogP contribution is 2.36. The van der Waals surface area contributed by atoms with Crippen LogP contribution in [0.15, 0.2) is 27.2 Å². The molecule has 2 rings (SSSR count). The van der Waals surface area contributed by atoms with Crippen molar-refractivity contribution in [3.63, 3.8) is 0 Å². The van der Waals surface area contributed by atoms with Gasteiger partial charge in [-0.2, -0.15) is 0 Å². The summed E-state index contributed by atoms with van der Waals surface area (Å²) in [6.07, 6.45) is 0. The quantitative estimate of drug-likeness (QED) is 0.827. The van der Waals surface area contributed by atoms with E-state index in [4.69, 9.17) is 40.5 Å². The van der Waals surface area contributed by atoms with Crippen molar-refractivity contribution in [2.45, 2.75) is 0 Å². The zero-order valence-electron chi connectivity index (χ0n) is 9.62. The molecule has 1 heterocycles. The summed E-state index contributed by atoms with van der Waals surface area (Å²) in [6.45, 7) is 0. The van der Waals surface area contributed by atoms with E-state index < -0.39 is 5.56 Å². The van der Waals surface area contributed by atoms with E-state index >= 15 is 0 Å². The molecule has 2 aromatic rings. The molecule has 0 atom stereocenters. The van der Waals surface area contributed by atoms with Gasteiger partial charge in [0.15, 0.2) is 5.69 Å². The first-order valence-corrected chi connectivity index (χ1v) is 6.14. The fourth-order valence-corrected chi connectivity index (χ4v) is 2.28. The van der Waals surface area contributed by atoms with E-state index in [0.29, 0.717) is 5.02 Å². The summed E-state index contributed by atoms with van der Waals surface area (Å²) < 4.78 is 1.19. The standard InChI is InChI=1S/C10H8Cl3N5O/c1-18-10(19)8(9(14)17-18)16-15-7-5(12)2-4(11)3-6(7)13/h2-3,17H,14H2,1H3. The number of hydrogen-bond donors (Lipinski definition) is 2. The molecule has 0 fully saturated rings. The van der Waals surface area contributed by atoms with Crippen LogP contribution in [0.5, 0.6) is 0 Å². The number of benzene rings is 1. The Balaban J connectivity index is 2.47. The number of aromatic nitrogens is 2. The second-order valence-corrected chi connectivity index (χ2v) is 4.91. The molecule has 19 heavy (non-hydrogen) atoms. The minimum absolute atomic E-state index is 0.00965. The van der Waals surface area contributed by atoms with Crippen LogP contribution in [0.4, 0.5) is 17.2 Å². The van der Waals surface area contributed by atoms with Gasteiger partial charge in [0.1, 0.15) is 11.5 Å². The predicted octanol–water partition coefficient (Wildman–Crippen LogP) is 3.67. The minimum atomic E-state index is -0.401. The van der Waals surface area contributed by atoms with E-state index in [1.807, 2.05) is 0 Å². The summed E-state index contributed by atoms with van der Waals surface area (Å²) in [5.74, 6) is 0.109. The number of aromatic amines is 1. The number of H-pyrrole nitrogens is 1. The SMILES string of the molecule is Cn1[nH]c(N)c(N=Nc2c(Cl)cc(Cl)cc2Cl)c1=O. The van der Waals surface area contributed by atoms with Crippen molar-refractivity contribution in [2.24, 2.45) is 17.3 Å². The number of nitrogens with two attached hydrogens (primary N) is 1. The number of rotatable bonds is 2. The highest BCUT2D eigenvalue weighted by molar-refractivity contribution is 6.41. The van der Waals surface area contributed by atoms with E-state index in [-0.39, 0.29) is 27.2 Å². The molecule has 0 saturated heterocycles. The van der Waals surface area contributed by atoms with Crippen molar-refractivity contribution in [1.29, 1.82) is 0 Å². The molecule has 0 unspecified atom stereocenters. The molecule has 3 N–H and O–H groups in total. The number of halogens is 3. The number of nitrogens with one attached hydrogen (secondary N) is 1. The van der Waals surface area contributed by atoms with Crippen LogP contribution >= 0.6 is 34.8 Å². The van der Waals surface area contributed by atoms with Crippen molar-refractivity contribution in [3.05, 3.63) is 37.6 Å². The third-order valence-corrected chi connectivity index (χ3v) is 3.08. The average Bonchev–Trinajstić information content (AvgIpc) is 2.53. The number of hydrogen-bond acceptors (Lipinski definition) is 4. The largest absolute Gasteiger partial charge is 0.382 e. The van der Waals surface area contributed by atoms with E-state index in [2.05, 4.69) is 15.3 Å². The number of anilines is 1. The molecular formula is C10H8Cl3N5O. The first kappa shape index (κ1) is 13.9. The van der Waals surface area contributed by atoms with E-state index in [1.54, 1.807) is 0 Å². The van der Waals surface area contributed by atoms with Gasteiger partial charge >= 0.3 is 0 Å². The maximum Gasteiger partial charge on any atom is 0.296 e. The van der Waals surface area contributed by atoms with Crippen molar-refractivity contribution < 1.29 is 0 Å². The Kier molecular flexibility index (Phi) is 3.84. The Bertz CT molecular complexity index is 695. The maximum absolute atomic E-state index is 11.6. The molecule has 6 nitrogen and oxygen atoms in total. The van der Waals surface area contributed by atoms with Crippen LogP contribution in [-0.2, 0) is 7.05 Å². The first-order valence-electron chi connectivity index (χ1n) is 5.01. The molecule has 100 valence electrons. The third-order valence-electron chi connectivity index (χ3n) is 2.28. The Hall–Kier alpha value is -1.50. The highest BCUT2D eigenvalue weighted by atomic mass is 35.5. The summed E-state index contributed by atoms with van der Waals surface area (Å²) in [5, 5.41) is 11.0. The third kappa shape index (κ3) is 2.75. The van der Waals surface area contributed by atoms with Crippen LogP contribution in [0.2, 0.25) is 15.1 Å². The molecule has 0 saturated carbocycles. The van der Waals surface area contributed by atoms with Crippen molar-refractivity contribution in [2.75, 3.05) is 5.73 Å². The Morgan fingerprint density at radius 3 is 2.16 bits per heavy atom. The van der Waals surface area contributed by atoms with Crippen LogP contribution in [0.25, 0.3) is 0 Å². The molecule has 0 bridgehead atoms. The normalized spacial score (nSPS) is 11.4. The molecule has 0 aliphatic rings. The number of aryl methyl sites for hydroxylation is 1. The van der Waals surface area contributed by atoms with E-state index in [9.17, 15) is 4.79 Å².